The lowest BCUT2D eigenvalue weighted by Crippen LogP contribution is -2.42. The fourth-order valence-electron chi connectivity index (χ4n) is 3.45. The van der Waals surface area contributed by atoms with Gasteiger partial charge in [0, 0.05) is 26.2 Å². The Hall–Kier alpha value is -1.68. The second-order valence-corrected chi connectivity index (χ2v) is 9.64. The summed E-state index contributed by atoms with van der Waals surface area (Å²) in [6, 6.07) is 3.97. The second kappa shape index (κ2) is 9.42. The van der Waals surface area contributed by atoms with Crippen LogP contribution in [0.15, 0.2) is 23.1 Å². The van der Waals surface area contributed by atoms with Gasteiger partial charge in [-0.1, -0.05) is 18.5 Å². The van der Waals surface area contributed by atoms with E-state index < -0.39 is 22.6 Å². The Morgan fingerprint density at radius 2 is 1.97 bits per heavy atom. The number of nitrogens with zero attached hydrogens (tertiary/aromatic N) is 2. The highest BCUT2D eigenvalue weighted by Gasteiger charge is 2.31. The largest absolute Gasteiger partial charge is 0.452 e. The molecule has 0 saturated carbocycles. The fourth-order valence-corrected chi connectivity index (χ4v) is 5.55. The molecule has 2 heterocycles. The average Bonchev–Trinajstić information content (AvgIpc) is 2.72. The Kier molecular flexibility index (Phi) is 7.15. The van der Waals surface area contributed by atoms with E-state index >= 15 is 0 Å². The molecule has 0 spiro atoms. The number of esters is 1. The average molecular weight is 445 g/mol. The van der Waals surface area contributed by atoms with Crippen LogP contribution in [-0.2, 0) is 24.3 Å². The van der Waals surface area contributed by atoms with E-state index in [-0.39, 0.29) is 27.3 Å². The number of morpholine rings is 1. The summed E-state index contributed by atoms with van der Waals surface area (Å²) in [5.74, 6) is -0.825. The topological polar surface area (TPSA) is 93.2 Å². The summed E-state index contributed by atoms with van der Waals surface area (Å²) in [7, 11) is -3.83. The SMILES string of the molecule is CC1CCCN(S(=O)(=O)c2cc(C(=O)OCC(=O)N3CCOCC3)ccc2Cl)C1. The van der Waals surface area contributed by atoms with Crippen molar-refractivity contribution in [2.24, 2.45) is 5.92 Å². The van der Waals surface area contributed by atoms with Crippen molar-refractivity contribution in [2.45, 2.75) is 24.7 Å². The molecule has 8 nitrogen and oxygen atoms in total. The zero-order chi connectivity index (χ0) is 21.0. The molecule has 0 radical (unpaired) electrons. The van der Waals surface area contributed by atoms with Crippen LogP contribution in [0.3, 0.4) is 0 Å². The van der Waals surface area contributed by atoms with E-state index in [4.69, 9.17) is 21.1 Å². The quantitative estimate of drug-likeness (QED) is 0.642. The summed E-state index contributed by atoms with van der Waals surface area (Å²) >= 11 is 6.14. The summed E-state index contributed by atoms with van der Waals surface area (Å²) in [4.78, 5) is 25.9. The van der Waals surface area contributed by atoms with Gasteiger partial charge in [-0.05, 0) is 37.0 Å². The third-order valence-electron chi connectivity index (χ3n) is 5.10. The number of hydrogen-bond acceptors (Lipinski definition) is 6. The molecule has 1 amide bonds. The molecule has 29 heavy (non-hydrogen) atoms. The van der Waals surface area contributed by atoms with Gasteiger partial charge < -0.3 is 14.4 Å². The van der Waals surface area contributed by atoms with Crippen molar-refractivity contribution in [3.05, 3.63) is 28.8 Å². The molecule has 0 aliphatic carbocycles. The minimum atomic E-state index is -3.83. The van der Waals surface area contributed by atoms with E-state index in [1.165, 1.54) is 22.5 Å². The summed E-state index contributed by atoms with van der Waals surface area (Å²) in [6.07, 6.45) is 1.76. The Balaban J connectivity index is 1.70. The van der Waals surface area contributed by atoms with Gasteiger partial charge in [-0.3, -0.25) is 4.79 Å². The van der Waals surface area contributed by atoms with Crippen LogP contribution in [0.4, 0.5) is 0 Å². The van der Waals surface area contributed by atoms with Crippen LogP contribution < -0.4 is 0 Å². The summed E-state index contributed by atoms with van der Waals surface area (Å²) < 4.78 is 37.7. The third kappa shape index (κ3) is 5.28. The first-order valence-electron chi connectivity index (χ1n) is 9.61. The van der Waals surface area contributed by atoms with Crippen LogP contribution in [0.2, 0.25) is 5.02 Å². The maximum Gasteiger partial charge on any atom is 0.338 e. The Morgan fingerprint density at radius 1 is 1.24 bits per heavy atom. The van der Waals surface area contributed by atoms with E-state index in [9.17, 15) is 18.0 Å². The molecule has 2 aliphatic heterocycles. The highest BCUT2D eigenvalue weighted by atomic mass is 35.5. The zero-order valence-corrected chi connectivity index (χ0v) is 17.9. The highest BCUT2D eigenvalue weighted by Crippen LogP contribution is 2.29. The first-order valence-corrected chi connectivity index (χ1v) is 11.4. The van der Waals surface area contributed by atoms with Crippen molar-refractivity contribution in [2.75, 3.05) is 46.0 Å². The van der Waals surface area contributed by atoms with Gasteiger partial charge in [0.25, 0.3) is 5.91 Å². The predicted octanol–water partition coefficient (Wildman–Crippen LogP) is 1.78. The van der Waals surface area contributed by atoms with Crippen molar-refractivity contribution in [1.82, 2.24) is 9.21 Å². The molecule has 3 rings (SSSR count). The molecule has 1 unspecified atom stereocenters. The van der Waals surface area contributed by atoms with Gasteiger partial charge in [-0.15, -0.1) is 0 Å². The normalized spacial score (nSPS) is 21.0. The number of carbonyl (C=O) groups is 2. The summed E-state index contributed by atoms with van der Waals surface area (Å²) in [6.45, 7) is 4.24. The predicted molar refractivity (Wildman–Crippen MR) is 106 cm³/mol. The minimum absolute atomic E-state index is 0.0350. The number of piperidine rings is 1. The molecule has 1 aromatic rings. The Morgan fingerprint density at radius 3 is 2.66 bits per heavy atom. The molecule has 2 fully saturated rings. The van der Waals surface area contributed by atoms with Crippen LogP contribution >= 0.6 is 11.6 Å². The monoisotopic (exact) mass is 444 g/mol. The zero-order valence-electron chi connectivity index (χ0n) is 16.3. The summed E-state index contributed by atoms with van der Waals surface area (Å²) in [5.41, 5.74) is 0.0350. The van der Waals surface area contributed by atoms with Gasteiger partial charge in [-0.25, -0.2) is 13.2 Å². The maximum absolute atomic E-state index is 13.0. The van der Waals surface area contributed by atoms with Crippen molar-refractivity contribution < 1.29 is 27.5 Å². The van der Waals surface area contributed by atoms with Crippen LogP contribution in [-0.4, -0.2) is 75.5 Å². The molecular formula is C19H25ClN2O6S. The fraction of sp³-hybridized carbons (Fsp3) is 0.579. The number of amides is 1. The maximum atomic E-state index is 13.0. The van der Waals surface area contributed by atoms with Crippen molar-refractivity contribution in [3.8, 4) is 0 Å². The van der Waals surface area contributed by atoms with Gasteiger partial charge in [0.15, 0.2) is 6.61 Å². The minimum Gasteiger partial charge on any atom is -0.452 e. The standard InChI is InChI=1S/C19H25ClN2O6S/c1-14-3-2-6-22(12-14)29(25,26)17-11-15(4-5-16(17)20)19(24)28-13-18(23)21-7-9-27-10-8-21/h4-5,11,14H,2-3,6-10,12-13H2,1H3. The Labute approximate surface area is 175 Å². The van der Waals surface area contributed by atoms with Crippen molar-refractivity contribution >= 4 is 33.5 Å². The Bertz CT molecular complexity index is 869. The van der Waals surface area contributed by atoms with Crippen LogP contribution in [0.25, 0.3) is 0 Å². The van der Waals surface area contributed by atoms with Gasteiger partial charge in [-0.2, -0.15) is 4.31 Å². The molecule has 2 saturated heterocycles. The van der Waals surface area contributed by atoms with Gasteiger partial charge in [0.05, 0.1) is 23.8 Å². The smallest absolute Gasteiger partial charge is 0.338 e. The van der Waals surface area contributed by atoms with Gasteiger partial charge in [0.2, 0.25) is 10.0 Å². The van der Waals surface area contributed by atoms with E-state index in [1.54, 1.807) is 4.90 Å². The number of sulfonamides is 1. The summed E-state index contributed by atoms with van der Waals surface area (Å²) in [5, 5.41) is 0.0455. The molecule has 0 bridgehead atoms. The molecule has 2 aliphatic rings. The first kappa shape index (κ1) is 22.0. The molecular weight excluding hydrogens is 420 g/mol. The highest BCUT2D eigenvalue weighted by molar-refractivity contribution is 7.89. The molecule has 1 aromatic carbocycles. The van der Waals surface area contributed by atoms with Crippen molar-refractivity contribution in [3.63, 3.8) is 0 Å². The molecule has 0 N–H and O–H groups in total. The van der Waals surface area contributed by atoms with Crippen molar-refractivity contribution in [1.29, 1.82) is 0 Å². The van der Waals surface area contributed by atoms with E-state index in [0.29, 0.717) is 39.4 Å². The lowest BCUT2D eigenvalue weighted by molar-refractivity contribution is -0.138. The van der Waals surface area contributed by atoms with E-state index in [0.717, 1.165) is 12.8 Å². The number of carbonyl (C=O) groups excluding carboxylic acids is 2. The number of hydrogen-bond donors (Lipinski definition) is 0. The molecule has 0 aromatic heterocycles. The number of halogens is 1. The lowest BCUT2D eigenvalue weighted by Gasteiger charge is -2.30. The van der Waals surface area contributed by atoms with Crippen LogP contribution in [0.1, 0.15) is 30.1 Å². The number of rotatable bonds is 5. The van der Waals surface area contributed by atoms with Crippen LogP contribution in [0.5, 0.6) is 0 Å². The second-order valence-electron chi connectivity index (χ2n) is 7.32. The van der Waals surface area contributed by atoms with Gasteiger partial charge in [0.1, 0.15) is 4.90 Å². The lowest BCUT2D eigenvalue weighted by atomic mass is 10.0. The third-order valence-corrected chi connectivity index (χ3v) is 7.44. The van der Waals surface area contributed by atoms with Crippen LogP contribution in [0, 0.1) is 5.92 Å². The number of benzene rings is 1. The first-order chi connectivity index (χ1) is 13.8. The van der Waals surface area contributed by atoms with E-state index in [2.05, 4.69) is 0 Å². The molecule has 1 atom stereocenters. The molecule has 160 valence electrons. The van der Waals surface area contributed by atoms with E-state index in [1.807, 2.05) is 6.92 Å². The number of ether oxygens (including phenoxy) is 2. The van der Waals surface area contributed by atoms with Gasteiger partial charge >= 0.3 is 5.97 Å². The molecule has 10 heteroatoms.